The topological polar surface area (TPSA) is 67.4 Å². The lowest BCUT2D eigenvalue weighted by molar-refractivity contribution is 0.363. The largest absolute Gasteiger partial charge is 0.496 e. The third-order valence-corrected chi connectivity index (χ3v) is 9.60. The number of anilines is 1. The lowest BCUT2D eigenvalue weighted by Gasteiger charge is -2.22. The molecule has 0 amide bonds. The minimum absolute atomic E-state index is 0.286. The zero-order valence-corrected chi connectivity index (χ0v) is 22.3. The molecule has 1 atom stereocenters. The fourth-order valence-electron chi connectivity index (χ4n) is 5.06. The second kappa shape index (κ2) is 12.1. The smallest absolute Gasteiger partial charge is 0.271 e. The highest BCUT2D eigenvalue weighted by molar-refractivity contribution is 7.94. The predicted octanol–water partition coefficient (Wildman–Crippen LogP) is 7.06. The molecule has 35 heavy (non-hydrogen) atoms. The number of benzene rings is 2. The molecule has 4 rings (SSSR count). The Hall–Kier alpha value is -2.35. The highest BCUT2D eigenvalue weighted by atomic mass is 32.2. The van der Waals surface area contributed by atoms with Crippen LogP contribution >= 0.6 is 11.3 Å². The quantitative estimate of drug-likeness (QED) is 0.285. The van der Waals surface area contributed by atoms with E-state index in [1.807, 2.05) is 30.3 Å². The summed E-state index contributed by atoms with van der Waals surface area (Å²) in [6, 6.07) is 17.4. The van der Waals surface area contributed by atoms with Crippen molar-refractivity contribution in [1.82, 2.24) is 5.32 Å². The van der Waals surface area contributed by atoms with E-state index in [0.29, 0.717) is 24.0 Å². The molecule has 1 saturated carbocycles. The molecule has 2 N–H and O–H groups in total. The molecule has 188 valence electrons. The minimum Gasteiger partial charge on any atom is -0.496 e. The van der Waals surface area contributed by atoms with Crippen LogP contribution in [0.5, 0.6) is 5.75 Å². The van der Waals surface area contributed by atoms with Gasteiger partial charge in [0.2, 0.25) is 0 Å². The molecule has 2 aromatic carbocycles. The zero-order chi connectivity index (χ0) is 24.7. The SMILES string of the molecule is COc1cccc(NS(=O)(=O)c2cccs2)c1-c1ccccc1CN[C@@H](C)CC1CCCCCC1. The number of nitrogens with one attached hydrogen (secondary N) is 2. The maximum atomic E-state index is 13.0. The number of sulfonamides is 1. The number of methoxy groups -OCH3 is 1. The normalized spacial score (nSPS) is 15.9. The van der Waals surface area contributed by atoms with E-state index >= 15 is 0 Å². The molecule has 0 spiro atoms. The molecule has 7 heteroatoms. The molecular weight excluding hydrogens is 476 g/mol. The highest BCUT2D eigenvalue weighted by Gasteiger charge is 2.22. The van der Waals surface area contributed by atoms with Crippen LogP contribution < -0.4 is 14.8 Å². The Morgan fingerprint density at radius 3 is 2.49 bits per heavy atom. The van der Waals surface area contributed by atoms with Crippen LogP contribution in [0.3, 0.4) is 0 Å². The Morgan fingerprint density at radius 2 is 1.77 bits per heavy atom. The molecule has 1 fully saturated rings. The first-order chi connectivity index (χ1) is 17.0. The molecule has 5 nitrogen and oxygen atoms in total. The highest BCUT2D eigenvalue weighted by Crippen LogP contribution is 2.40. The lowest BCUT2D eigenvalue weighted by atomic mass is 9.93. The Labute approximate surface area is 214 Å². The van der Waals surface area contributed by atoms with Crippen LogP contribution in [0.4, 0.5) is 5.69 Å². The fraction of sp³-hybridized carbons (Fsp3) is 0.429. The summed E-state index contributed by atoms with van der Waals surface area (Å²) in [7, 11) is -2.07. The molecular formula is C28H36N2O3S2. The summed E-state index contributed by atoms with van der Waals surface area (Å²) in [5.41, 5.74) is 3.34. The van der Waals surface area contributed by atoms with E-state index < -0.39 is 10.0 Å². The Balaban J connectivity index is 1.57. The number of hydrogen-bond acceptors (Lipinski definition) is 5. The van der Waals surface area contributed by atoms with Crippen molar-refractivity contribution in [3.63, 3.8) is 0 Å². The molecule has 0 bridgehead atoms. The van der Waals surface area contributed by atoms with Crippen molar-refractivity contribution in [3.8, 4) is 16.9 Å². The molecule has 0 radical (unpaired) electrons. The number of ether oxygens (including phenoxy) is 1. The second-order valence-electron chi connectivity index (χ2n) is 9.45. The number of hydrogen-bond donors (Lipinski definition) is 2. The summed E-state index contributed by atoms with van der Waals surface area (Å²) in [5.74, 6) is 1.44. The minimum atomic E-state index is -3.69. The van der Waals surface area contributed by atoms with Crippen molar-refractivity contribution < 1.29 is 13.2 Å². The van der Waals surface area contributed by atoms with Crippen molar-refractivity contribution in [2.75, 3.05) is 11.8 Å². The molecule has 3 aromatic rings. The summed E-state index contributed by atoms with van der Waals surface area (Å²) in [5, 5.41) is 5.49. The summed E-state index contributed by atoms with van der Waals surface area (Å²) in [6.45, 7) is 2.98. The summed E-state index contributed by atoms with van der Waals surface area (Å²) in [6.07, 6.45) is 9.36. The predicted molar refractivity (Wildman–Crippen MR) is 146 cm³/mol. The van der Waals surface area contributed by atoms with Gasteiger partial charge in [0, 0.05) is 18.2 Å². The van der Waals surface area contributed by atoms with Gasteiger partial charge in [-0.15, -0.1) is 11.3 Å². The van der Waals surface area contributed by atoms with E-state index in [4.69, 9.17) is 4.74 Å². The molecule has 0 aliphatic heterocycles. The number of thiophene rings is 1. The van der Waals surface area contributed by atoms with E-state index in [2.05, 4.69) is 23.0 Å². The molecule has 1 aromatic heterocycles. The van der Waals surface area contributed by atoms with Crippen molar-refractivity contribution in [3.05, 3.63) is 65.5 Å². The third-order valence-electron chi connectivity index (χ3n) is 6.84. The van der Waals surface area contributed by atoms with Gasteiger partial charge < -0.3 is 10.1 Å². The Kier molecular flexibility index (Phi) is 8.87. The standard InChI is InChI=1S/C28H36N2O3S2/c1-21(19-22-11-5-3-4-6-12-22)29-20-23-13-7-8-14-24(23)28-25(15-9-16-26(28)33-2)30-35(31,32)27-17-10-18-34-27/h7-10,13-18,21-22,29-30H,3-6,11-12,19-20H2,1-2H3/t21-/m0/s1. The molecule has 0 saturated heterocycles. The van der Waals surface area contributed by atoms with Gasteiger partial charge in [-0.2, -0.15) is 0 Å². The Morgan fingerprint density at radius 1 is 1.00 bits per heavy atom. The van der Waals surface area contributed by atoms with E-state index in [9.17, 15) is 8.42 Å². The van der Waals surface area contributed by atoms with Crippen LogP contribution in [0.15, 0.2) is 64.2 Å². The van der Waals surface area contributed by atoms with Crippen molar-refractivity contribution in [2.24, 2.45) is 5.92 Å². The van der Waals surface area contributed by atoms with Crippen molar-refractivity contribution in [2.45, 2.75) is 68.7 Å². The van der Waals surface area contributed by atoms with Crippen LogP contribution in [-0.4, -0.2) is 21.6 Å². The van der Waals surface area contributed by atoms with Gasteiger partial charge in [-0.1, -0.05) is 74.9 Å². The van der Waals surface area contributed by atoms with Crippen LogP contribution in [-0.2, 0) is 16.6 Å². The fourth-order valence-corrected chi connectivity index (χ4v) is 7.13. The van der Waals surface area contributed by atoms with Gasteiger partial charge in [-0.25, -0.2) is 8.42 Å². The van der Waals surface area contributed by atoms with Crippen LogP contribution in [0.25, 0.3) is 11.1 Å². The van der Waals surface area contributed by atoms with E-state index in [1.54, 1.807) is 30.7 Å². The molecule has 1 aliphatic rings. The first-order valence-corrected chi connectivity index (χ1v) is 14.9. The summed E-state index contributed by atoms with van der Waals surface area (Å²) < 4.78 is 34.8. The van der Waals surface area contributed by atoms with Crippen LogP contribution in [0.1, 0.15) is 57.4 Å². The van der Waals surface area contributed by atoms with Gasteiger partial charge in [0.15, 0.2) is 0 Å². The van der Waals surface area contributed by atoms with Crippen molar-refractivity contribution in [1.29, 1.82) is 0 Å². The first kappa shape index (κ1) is 25.7. The maximum absolute atomic E-state index is 13.0. The first-order valence-electron chi connectivity index (χ1n) is 12.5. The maximum Gasteiger partial charge on any atom is 0.271 e. The van der Waals surface area contributed by atoms with E-state index in [0.717, 1.165) is 22.6 Å². The number of rotatable bonds is 10. The molecule has 0 unspecified atom stereocenters. The van der Waals surface area contributed by atoms with Gasteiger partial charge in [0.05, 0.1) is 12.8 Å². The zero-order valence-electron chi connectivity index (χ0n) is 20.6. The van der Waals surface area contributed by atoms with E-state index in [1.165, 1.54) is 56.3 Å². The average molecular weight is 513 g/mol. The van der Waals surface area contributed by atoms with Gasteiger partial charge in [0.25, 0.3) is 10.0 Å². The van der Waals surface area contributed by atoms with Crippen LogP contribution in [0.2, 0.25) is 0 Å². The van der Waals surface area contributed by atoms with Crippen LogP contribution in [0, 0.1) is 5.92 Å². The van der Waals surface area contributed by atoms with Gasteiger partial charge in [-0.05, 0) is 54.0 Å². The lowest BCUT2D eigenvalue weighted by Crippen LogP contribution is -2.28. The Bertz CT molecular complexity index is 1180. The third kappa shape index (κ3) is 6.66. The monoisotopic (exact) mass is 512 g/mol. The van der Waals surface area contributed by atoms with Gasteiger partial charge in [0.1, 0.15) is 9.96 Å². The summed E-state index contributed by atoms with van der Waals surface area (Å²) in [4.78, 5) is 0. The average Bonchev–Trinajstić information content (AvgIpc) is 3.30. The van der Waals surface area contributed by atoms with Gasteiger partial charge in [-0.3, -0.25) is 4.72 Å². The summed E-state index contributed by atoms with van der Waals surface area (Å²) >= 11 is 1.20. The molecule has 1 aliphatic carbocycles. The van der Waals surface area contributed by atoms with E-state index in [-0.39, 0.29) is 4.21 Å². The molecule has 1 heterocycles. The van der Waals surface area contributed by atoms with Crippen molar-refractivity contribution >= 4 is 27.0 Å². The van der Waals surface area contributed by atoms with Gasteiger partial charge >= 0.3 is 0 Å². The second-order valence-corrected chi connectivity index (χ2v) is 12.3.